The third-order valence-electron chi connectivity index (χ3n) is 7.06. The van der Waals surface area contributed by atoms with Crippen molar-refractivity contribution in [2.24, 2.45) is 5.73 Å². The molecule has 2 amide bonds. The van der Waals surface area contributed by atoms with Gasteiger partial charge in [-0.1, -0.05) is 54.6 Å². The number of nitrogens with two attached hydrogens (primary N) is 1. The fourth-order valence-corrected chi connectivity index (χ4v) is 5.77. The third kappa shape index (κ3) is 7.03. The van der Waals surface area contributed by atoms with Crippen LogP contribution in [0.25, 0.3) is 10.1 Å². The van der Waals surface area contributed by atoms with Gasteiger partial charge >= 0.3 is 6.09 Å². The number of nitrogens with one attached hydrogen (secondary N) is 2. The summed E-state index contributed by atoms with van der Waals surface area (Å²) in [5, 5.41) is 11.5. The van der Waals surface area contributed by atoms with E-state index in [1.54, 1.807) is 6.92 Å². The molecule has 1 aliphatic rings. The number of carbonyl (C=O) groups excluding carboxylic acids is 2. The molecule has 4 aromatic rings. The summed E-state index contributed by atoms with van der Waals surface area (Å²) >= 11 is 1.43. The molecule has 1 unspecified atom stereocenters. The number of para-hydroxylation sites is 1. The summed E-state index contributed by atoms with van der Waals surface area (Å²) in [6, 6.07) is 24.8. The van der Waals surface area contributed by atoms with Gasteiger partial charge < -0.3 is 20.1 Å². The van der Waals surface area contributed by atoms with Gasteiger partial charge in [0, 0.05) is 55.4 Å². The smallest absolute Gasteiger partial charge is 0.411 e. The quantitative estimate of drug-likeness (QED) is 0.187. The predicted octanol–water partition coefficient (Wildman–Crippen LogP) is 5.22. The Morgan fingerprint density at radius 2 is 1.73 bits per heavy atom. The molecular formula is C31H33N5O4S. The Kier molecular flexibility index (Phi) is 8.81. The van der Waals surface area contributed by atoms with E-state index >= 15 is 0 Å². The maximum atomic E-state index is 13.0. The third-order valence-corrected chi connectivity index (χ3v) is 8.19. The standard InChI is InChI=1S/C31H33N5O4S/c1-21(37)36-16-14-35(15-17-36)19-23-10-5-6-11-25(23)34-31(38)39-20-27(22-8-3-2-4-9-22)40-26-12-7-13-28-24(26)18-29(41-28)30(32)33/h2-13,18,27H,14-17,19-20H2,1H3,(H3,32,33)(H,34,38). The van der Waals surface area contributed by atoms with Crippen LogP contribution in [0.1, 0.15) is 29.0 Å². The van der Waals surface area contributed by atoms with Crippen LogP contribution in [0.2, 0.25) is 0 Å². The number of rotatable bonds is 9. The number of benzene rings is 3. The van der Waals surface area contributed by atoms with Gasteiger partial charge in [0.05, 0.1) is 4.88 Å². The van der Waals surface area contributed by atoms with E-state index in [-0.39, 0.29) is 18.3 Å². The molecular weight excluding hydrogens is 538 g/mol. The van der Waals surface area contributed by atoms with Gasteiger partial charge in [0.15, 0.2) is 6.10 Å². The molecule has 0 aliphatic carbocycles. The first-order valence-corrected chi connectivity index (χ1v) is 14.3. The van der Waals surface area contributed by atoms with Crippen LogP contribution in [0.5, 0.6) is 5.75 Å². The maximum Gasteiger partial charge on any atom is 0.411 e. The fourth-order valence-electron chi connectivity index (χ4n) is 4.83. The molecule has 1 aliphatic heterocycles. The molecule has 0 radical (unpaired) electrons. The zero-order chi connectivity index (χ0) is 28.8. The van der Waals surface area contributed by atoms with E-state index in [1.807, 2.05) is 83.8 Å². The van der Waals surface area contributed by atoms with Gasteiger partial charge in [0.1, 0.15) is 18.2 Å². The number of hydrogen-bond donors (Lipinski definition) is 3. The first-order chi connectivity index (χ1) is 19.9. The number of piperazine rings is 1. The van der Waals surface area contributed by atoms with Crippen molar-refractivity contribution in [1.82, 2.24) is 9.80 Å². The number of fused-ring (bicyclic) bond motifs is 1. The highest BCUT2D eigenvalue weighted by Gasteiger charge is 2.21. The summed E-state index contributed by atoms with van der Waals surface area (Å²) in [6.45, 7) is 5.20. The Hall–Kier alpha value is -4.41. The van der Waals surface area contributed by atoms with Crippen LogP contribution in [0.3, 0.4) is 0 Å². The zero-order valence-corrected chi connectivity index (χ0v) is 23.7. The van der Waals surface area contributed by atoms with Gasteiger partial charge in [-0.05, 0) is 35.4 Å². The number of anilines is 1. The predicted molar refractivity (Wildman–Crippen MR) is 162 cm³/mol. The number of amides is 2. The van der Waals surface area contributed by atoms with Crippen LogP contribution >= 0.6 is 11.3 Å². The molecule has 212 valence electrons. The maximum absolute atomic E-state index is 13.0. The van der Waals surface area contributed by atoms with Crippen LogP contribution in [-0.2, 0) is 16.1 Å². The highest BCUT2D eigenvalue weighted by Crippen LogP contribution is 2.35. The highest BCUT2D eigenvalue weighted by molar-refractivity contribution is 7.20. The highest BCUT2D eigenvalue weighted by atomic mass is 32.1. The Morgan fingerprint density at radius 1 is 1.00 bits per heavy atom. The Labute approximate surface area is 243 Å². The minimum Gasteiger partial charge on any atom is -0.481 e. The molecule has 2 heterocycles. The fraction of sp³-hybridized carbons (Fsp3) is 0.258. The van der Waals surface area contributed by atoms with Gasteiger partial charge in [-0.2, -0.15) is 0 Å². The van der Waals surface area contributed by atoms with Crippen molar-refractivity contribution in [2.75, 3.05) is 38.1 Å². The van der Waals surface area contributed by atoms with E-state index in [0.717, 1.165) is 34.3 Å². The SMILES string of the molecule is CC(=O)N1CCN(Cc2ccccc2NC(=O)OCC(Oc2cccc3sc(C(=N)N)cc23)c2ccccc2)CC1. The lowest BCUT2D eigenvalue weighted by molar-refractivity contribution is -0.130. The Morgan fingerprint density at radius 3 is 2.46 bits per heavy atom. The molecule has 4 N–H and O–H groups in total. The lowest BCUT2D eigenvalue weighted by atomic mass is 10.1. The van der Waals surface area contributed by atoms with E-state index in [9.17, 15) is 9.59 Å². The molecule has 1 saturated heterocycles. The molecule has 9 nitrogen and oxygen atoms in total. The van der Waals surface area contributed by atoms with Crippen molar-refractivity contribution in [2.45, 2.75) is 19.6 Å². The summed E-state index contributed by atoms with van der Waals surface area (Å²) in [5.41, 5.74) is 8.24. The topological polar surface area (TPSA) is 121 Å². The average molecular weight is 572 g/mol. The van der Waals surface area contributed by atoms with Crippen LogP contribution < -0.4 is 15.8 Å². The second kappa shape index (κ2) is 12.8. The molecule has 1 aromatic heterocycles. The molecule has 0 bridgehead atoms. The summed E-state index contributed by atoms with van der Waals surface area (Å²) in [5.74, 6) is 0.731. The molecule has 3 aromatic carbocycles. The van der Waals surface area contributed by atoms with Crippen molar-refractivity contribution < 1.29 is 19.1 Å². The first-order valence-electron chi connectivity index (χ1n) is 13.5. The first kappa shape index (κ1) is 28.1. The summed E-state index contributed by atoms with van der Waals surface area (Å²) < 4.78 is 13.1. The van der Waals surface area contributed by atoms with E-state index in [1.165, 1.54) is 11.3 Å². The zero-order valence-electron chi connectivity index (χ0n) is 22.8. The van der Waals surface area contributed by atoms with Gasteiger partial charge in [-0.3, -0.25) is 20.4 Å². The van der Waals surface area contributed by atoms with Crippen LogP contribution in [-0.4, -0.2) is 60.4 Å². The van der Waals surface area contributed by atoms with E-state index < -0.39 is 12.2 Å². The van der Waals surface area contributed by atoms with E-state index in [4.69, 9.17) is 20.6 Å². The summed E-state index contributed by atoms with van der Waals surface area (Å²) in [4.78, 5) is 29.4. The van der Waals surface area contributed by atoms with E-state index in [0.29, 0.717) is 35.9 Å². The van der Waals surface area contributed by atoms with Gasteiger partial charge in [-0.25, -0.2) is 4.79 Å². The monoisotopic (exact) mass is 571 g/mol. The average Bonchev–Trinajstić information content (AvgIpc) is 3.43. The normalized spacial score (nSPS) is 14.4. The number of carbonyl (C=O) groups is 2. The molecule has 0 saturated carbocycles. The molecule has 1 fully saturated rings. The van der Waals surface area contributed by atoms with Crippen LogP contribution in [0, 0.1) is 5.41 Å². The lowest BCUT2D eigenvalue weighted by Crippen LogP contribution is -2.47. The minimum absolute atomic E-state index is 0.00882. The number of nitrogen functional groups attached to an aromatic ring is 1. The summed E-state index contributed by atoms with van der Waals surface area (Å²) in [7, 11) is 0. The minimum atomic E-state index is -0.573. The van der Waals surface area contributed by atoms with Gasteiger partial charge in [0.25, 0.3) is 0 Å². The number of hydrogen-bond acceptors (Lipinski definition) is 7. The largest absolute Gasteiger partial charge is 0.481 e. The van der Waals surface area contributed by atoms with E-state index in [2.05, 4.69) is 10.2 Å². The van der Waals surface area contributed by atoms with Crippen molar-refractivity contribution in [3.05, 3.63) is 94.9 Å². The number of thiophene rings is 1. The molecule has 1 atom stereocenters. The Bertz CT molecular complexity index is 1530. The second-order valence-electron chi connectivity index (χ2n) is 9.87. The van der Waals surface area contributed by atoms with Crippen molar-refractivity contribution in [3.8, 4) is 5.75 Å². The molecule has 0 spiro atoms. The van der Waals surface area contributed by atoms with Crippen LogP contribution in [0.4, 0.5) is 10.5 Å². The summed E-state index contributed by atoms with van der Waals surface area (Å²) in [6.07, 6.45) is -1.13. The van der Waals surface area contributed by atoms with Gasteiger partial charge in [-0.15, -0.1) is 11.3 Å². The van der Waals surface area contributed by atoms with Crippen molar-refractivity contribution in [3.63, 3.8) is 0 Å². The van der Waals surface area contributed by atoms with Crippen molar-refractivity contribution >= 4 is 44.9 Å². The van der Waals surface area contributed by atoms with Gasteiger partial charge in [0.2, 0.25) is 5.91 Å². The molecule has 5 rings (SSSR count). The Balaban J connectivity index is 1.26. The number of ether oxygens (including phenoxy) is 2. The molecule has 41 heavy (non-hydrogen) atoms. The second-order valence-corrected chi connectivity index (χ2v) is 11.0. The number of nitrogens with zero attached hydrogens (tertiary/aromatic N) is 2. The molecule has 10 heteroatoms. The van der Waals surface area contributed by atoms with Crippen molar-refractivity contribution in [1.29, 1.82) is 5.41 Å². The number of amidine groups is 1. The van der Waals surface area contributed by atoms with Crippen LogP contribution in [0.15, 0.2) is 78.9 Å². The lowest BCUT2D eigenvalue weighted by Gasteiger charge is -2.34.